The summed E-state index contributed by atoms with van der Waals surface area (Å²) in [5.41, 5.74) is 6.15. The molecule has 1 heterocycles. The minimum atomic E-state index is -0.478. The van der Waals surface area contributed by atoms with E-state index in [1.807, 2.05) is 0 Å². The summed E-state index contributed by atoms with van der Waals surface area (Å²) in [5, 5.41) is 3.47. The molecule has 0 spiro atoms. The summed E-state index contributed by atoms with van der Waals surface area (Å²) in [7, 11) is 1.59. The van der Waals surface area contributed by atoms with Crippen LogP contribution in [0.1, 0.15) is 11.7 Å². The predicted octanol–water partition coefficient (Wildman–Crippen LogP) is 1.62. The normalized spacial score (nSPS) is 18.4. The molecule has 7 heteroatoms. The summed E-state index contributed by atoms with van der Waals surface area (Å²) in [4.78, 5) is 12.9. The first-order valence-corrected chi connectivity index (χ1v) is 5.57. The summed E-state index contributed by atoms with van der Waals surface area (Å²) in [6.45, 7) is 0. The number of benzene rings is 1. The number of amides is 1. The fourth-order valence-electron chi connectivity index (χ4n) is 1.62. The zero-order chi connectivity index (χ0) is 12.6. The van der Waals surface area contributed by atoms with E-state index < -0.39 is 12.3 Å². The van der Waals surface area contributed by atoms with Gasteiger partial charge in [-0.1, -0.05) is 11.6 Å². The van der Waals surface area contributed by atoms with E-state index in [4.69, 9.17) is 34.3 Å². The molecule has 1 unspecified atom stereocenters. The van der Waals surface area contributed by atoms with Gasteiger partial charge in [-0.15, -0.1) is 0 Å². The van der Waals surface area contributed by atoms with E-state index in [0.717, 1.165) is 0 Å². The third-order valence-corrected chi connectivity index (χ3v) is 2.77. The van der Waals surface area contributed by atoms with Crippen molar-refractivity contribution in [3.8, 4) is 5.75 Å². The van der Waals surface area contributed by atoms with Crippen molar-refractivity contribution in [2.45, 2.75) is 6.17 Å². The molecule has 1 atom stereocenters. The van der Waals surface area contributed by atoms with Gasteiger partial charge in [0.05, 0.1) is 0 Å². The molecule has 0 saturated carbocycles. The van der Waals surface area contributed by atoms with Gasteiger partial charge in [-0.3, -0.25) is 4.90 Å². The fourth-order valence-corrected chi connectivity index (χ4v) is 1.91. The van der Waals surface area contributed by atoms with Crippen LogP contribution in [0.25, 0.3) is 0 Å². The van der Waals surface area contributed by atoms with Crippen LogP contribution in [-0.2, 0) is 0 Å². The number of carbonyl (C=O) groups excluding carboxylic acids is 1. The average molecular weight is 272 g/mol. The van der Waals surface area contributed by atoms with E-state index in [-0.39, 0.29) is 5.11 Å². The molecule has 1 aliphatic heterocycles. The maximum Gasteiger partial charge on any atom is 0.416 e. The number of halogens is 1. The van der Waals surface area contributed by atoms with Gasteiger partial charge >= 0.3 is 6.09 Å². The number of hydrogen-bond donors (Lipinski definition) is 2. The van der Waals surface area contributed by atoms with Crippen LogP contribution in [0.2, 0.25) is 5.02 Å². The molecule has 5 nitrogen and oxygen atoms in total. The number of nitrogens with zero attached hydrogens (tertiary/aromatic N) is 1. The van der Waals surface area contributed by atoms with E-state index in [9.17, 15) is 4.79 Å². The van der Waals surface area contributed by atoms with Crippen LogP contribution in [0.15, 0.2) is 18.2 Å². The molecule has 0 aliphatic carbocycles. The van der Waals surface area contributed by atoms with Gasteiger partial charge in [0.1, 0.15) is 11.9 Å². The number of carbonyl (C=O) groups is 1. The Hall–Kier alpha value is -1.53. The molecule has 17 heavy (non-hydrogen) atoms. The number of nitrogens with two attached hydrogens (primary N) is 1. The molecule has 1 amide bonds. The third kappa shape index (κ3) is 2.27. The summed E-state index contributed by atoms with van der Waals surface area (Å²) >= 11 is 10.7. The maximum atomic E-state index is 11.6. The number of rotatable bonds is 1. The van der Waals surface area contributed by atoms with Crippen LogP contribution in [-0.4, -0.2) is 23.2 Å². The van der Waals surface area contributed by atoms with Crippen LogP contribution < -0.4 is 15.8 Å². The maximum absolute atomic E-state index is 11.6. The van der Waals surface area contributed by atoms with Gasteiger partial charge in [0, 0.05) is 17.6 Å². The van der Waals surface area contributed by atoms with Gasteiger partial charge in [0.15, 0.2) is 5.11 Å². The molecule has 2 rings (SSSR count). The van der Waals surface area contributed by atoms with Crippen molar-refractivity contribution in [1.29, 1.82) is 0 Å². The lowest BCUT2D eigenvalue weighted by Crippen LogP contribution is -2.47. The SMILES string of the molecule is CN1C(=O)Oc2ccc(Cl)cc2C1NC(N)=S. The summed E-state index contributed by atoms with van der Waals surface area (Å²) in [6, 6.07) is 4.99. The van der Waals surface area contributed by atoms with Gasteiger partial charge in [0.2, 0.25) is 0 Å². The second kappa shape index (κ2) is 4.38. The molecule has 1 aliphatic rings. The lowest BCUT2D eigenvalue weighted by atomic mass is 10.1. The van der Waals surface area contributed by atoms with Crippen molar-refractivity contribution >= 4 is 35.0 Å². The van der Waals surface area contributed by atoms with Crippen molar-refractivity contribution < 1.29 is 9.53 Å². The molecule has 90 valence electrons. The van der Waals surface area contributed by atoms with Crippen LogP contribution >= 0.6 is 23.8 Å². The monoisotopic (exact) mass is 271 g/mol. The van der Waals surface area contributed by atoms with Crippen molar-refractivity contribution in [3.63, 3.8) is 0 Å². The molecular formula is C10H10ClN3O2S. The van der Waals surface area contributed by atoms with Crippen LogP contribution in [0.4, 0.5) is 4.79 Å². The summed E-state index contributed by atoms with van der Waals surface area (Å²) < 4.78 is 5.12. The largest absolute Gasteiger partial charge is 0.416 e. The second-order valence-electron chi connectivity index (χ2n) is 3.57. The quantitative estimate of drug-likeness (QED) is 0.760. The number of thiocarbonyl (C=S) groups is 1. The van der Waals surface area contributed by atoms with E-state index in [0.29, 0.717) is 16.3 Å². The third-order valence-electron chi connectivity index (χ3n) is 2.42. The van der Waals surface area contributed by atoms with E-state index in [1.165, 1.54) is 4.90 Å². The standard InChI is InChI=1S/C10H10ClN3O2S/c1-14-8(13-9(12)17)6-4-5(11)2-3-7(6)16-10(14)15/h2-4,8H,1H3,(H3,12,13,17). The molecule has 1 aromatic carbocycles. The molecule has 1 aromatic rings. The van der Waals surface area contributed by atoms with Gasteiger partial charge in [0.25, 0.3) is 0 Å². The minimum Gasteiger partial charge on any atom is -0.410 e. The highest BCUT2D eigenvalue weighted by Crippen LogP contribution is 2.34. The van der Waals surface area contributed by atoms with Crippen LogP contribution in [0, 0.1) is 0 Å². The smallest absolute Gasteiger partial charge is 0.410 e. The molecule has 0 radical (unpaired) electrons. The first kappa shape index (κ1) is 11.9. The Balaban J connectivity index is 2.46. The lowest BCUT2D eigenvalue weighted by molar-refractivity contribution is 0.127. The molecule has 3 N–H and O–H groups in total. The molecular weight excluding hydrogens is 262 g/mol. The molecule has 0 bridgehead atoms. The Kier molecular flexibility index (Phi) is 3.08. The number of nitrogens with one attached hydrogen (secondary N) is 1. The topological polar surface area (TPSA) is 67.6 Å². The number of fused-ring (bicyclic) bond motifs is 1. The van der Waals surface area contributed by atoms with Crippen LogP contribution in [0.3, 0.4) is 0 Å². The zero-order valence-corrected chi connectivity index (χ0v) is 10.5. The van der Waals surface area contributed by atoms with E-state index >= 15 is 0 Å². The Labute approximate surface area is 108 Å². The molecule has 0 saturated heterocycles. The fraction of sp³-hybridized carbons (Fsp3) is 0.200. The summed E-state index contributed by atoms with van der Waals surface area (Å²) in [6.07, 6.45) is -0.948. The zero-order valence-electron chi connectivity index (χ0n) is 8.94. The van der Waals surface area contributed by atoms with Gasteiger partial charge in [-0.05, 0) is 30.4 Å². The summed E-state index contributed by atoms with van der Waals surface area (Å²) in [5.74, 6) is 0.450. The van der Waals surface area contributed by atoms with Gasteiger partial charge < -0.3 is 15.8 Å². The van der Waals surface area contributed by atoms with Crippen molar-refractivity contribution in [1.82, 2.24) is 10.2 Å². The molecule has 0 aromatic heterocycles. The van der Waals surface area contributed by atoms with E-state index in [1.54, 1.807) is 25.2 Å². The predicted molar refractivity (Wildman–Crippen MR) is 67.9 cm³/mol. The highest BCUT2D eigenvalue weighted by molar-refractivity contribution is 7.80. The lowest BCUT2D eigenvalue weighted by Gasteiger charge is -2.33. The van der Waals surface area contributed by atoms with Gasteiger partial charge in [-0.2, -0.15) is 0 Å². The Morgan fingerprint density at radius 3 is 3.00 bits per heavy atom. The van der Waals surface area contributed by atoms with Crippen molar-refractivity contribution in [2.24, 2.45) is 5.73 Å². The first-order valence-electron chi connectivity index (χ1n) is 4.79. The highest BCUT2D eigenvalue weighted by atomic mass is 35.5. The number of ether oxygens (including phenoxy) is 1. The molecule has 0 fully saturated rings. The van der Waals surface area contributed by atoms with Crippen molar-refractivity contribution in [3.05, 3.63) is 28.8 Å². The number of hydrogen-bond acceptors (Lipinski definition) is 3. The van der Waals surface area contributed by atoms with Gasteiger partial charge in [-0.25, -0.2) is 4.79 Å². The first-order chi connectivity index (χ1) is 7.99. The van der Waals surface area contributed by atoms with E-state index in [2.05, 4.69) is 5.32 Å². The average Bonchev–Trinajstić information content (AvgIpc) is 2.25. The Bertz CT molecular complexity index is 494. The Morgan fingerprint density at radius 2 is 2.35 bits per heavy atom. The minimum absolute atomic E-state index is 0.0995. The second-order valence-corrected chi connectivity index (χ2v) is 4.45. The van der Waals surface area contributed by atoms with Crippen LogP contribution in [0.5, 0.6) is 5.75 Å². The highest BCUT2D eigenvalue weighted by Gasteiger charge is 2.32. The van der Waals surface area contributed by atoms with Crippen molar-refractivity contribution in [2.75, 3.05) is 7.05 Å². The Morgan fingerprint density at radius 1 is 1.65 bits per heavy atom.